The number of hydrogen-bond acceptors (Lipinski definition) is 2. The van der Waals surface area contributed by atoms with Crippen LogP contribution in [0.4, 0.5) is 0 Å². The van der Waals surface area contributed by atoms with Gasteiger partial charge in [0.2, 0.25) is 5.91 Å². The summed E-state index contributed by atoms with van der Waals surface area (Å²) >= 11 is 0. The first-order valence-corrected chi connectivity index (χ1v) is 7.33. The molecule has 2 rings (SSSR count). The molecule has 0 aromatic carbocycles. The maximum absolute atomic E-state index is 12.0. The molecule has 1 amide bonds. The second-order valence-corrected chi connectivity index (χ2v) is 5.64. The van der Waals surface area contributed by atoms with Gasteiger partial charge in [0.25, 0.3) is 0 Å². The molecule has 0 unspecified atom stereocenters. The van der Waals surface area contributed by atoms with Crippen LogP contribution < -0.4 is 10.6 Å². The molecule has 3 heteroatoms. The van der Waals surface area contributed by atoms with Crippen LogP contribution in [-0.4, -0.2) is 24.5 Å². The zero-order chi connectivity index (χ0) is 12.1. The zero-order valence-electron chi connectivity index (χ0n) is 11.0. The minimum Gasteiger partial charge on any atom is -0.352 e. The van der Waals surface area contributed by atoms with Gasteiger partial charge in [-0.25, -0.2) is 0 Å². The predicted molar refractivity (Wildman–Crippen MR) is 69.8 cm³/mol. The largest absolute Gasteiger partial charge is 0.352 e. The summed E-state index contributed by atoms with van der Waals surface area (Å²) in [6.45, 7) is 3.27. The summed E-state index contributed by atoms with van der Waals surface area (Å²) in [4.78, 5) is 12.0. The maximum atomic E-state index is 12.0. The minimum absolute atomic E-state index is 0.0765. The van der Waals surface area contributed by atoms with Gasteiger partial charge in [-0.2, -0.15) is 0 Å². The normalized spacial score (nSPS) is 34.3. The molecule has 1 aliphatic heterocycles. The van der Waals surface area contributed by atoms with Gasteiger partial charge in [-0.15, -0.1) is 0 Å². The van der Waals surface area contributed by atoms with Gasteiger partial charge in [0.1, 0.15) is 0 Å². The van der Waals surface area contributed by atoms with Crippen LogP contribution in [0.5, 0.6) is 0 Å². The highest BCUT2D eigenvalue weighted by Crippen LogP contribution is 2.26. The molecule has 0 radical (unpaired) electrons. The quantitative estimate of drug-likeness (QED) is 0.791. The van der Waals surface area contributed by atoms with Crippen molar-refractivity contribution >= 4 is 5.91 Å². The first-order chi connectivity index (χ1) is 8.29. The van der Waals surface area contributed by atoms with E-state index in [9.17, 15) is 4.79 Å². The Hall–Kier alpha value is -0.570. The minimum atomic E-state index is 0.0765. The lowest BCUT2D eigenvalue weighted by Crippen LogP contribution is -2.50. The van der Waals surface area contributed by atoms with Crippen LogP contribution in [0.2, 0.25) is 0 Å². The van der Waals surface area contributed by atoms with Crippen molar-refractivity contribution in [3.8, 4) is 0 Å². The fourth-order valence-electron chi connectivity index (χ4n) is 3.09. The van der Waals surface area contributed by atoms with Crippen LogP contribution in [-0.2, 0) is 4.79 Å². The molecule has 1 saturated heterocycles. The topological polar surface area (TPSA) is 41.1 Å². The summed E-state index contributed by atoms with van der Waals surface area (Å²) in [5.74, 6) is 1.14. The van der Waals surface area contributed by atoms with E-state index in [0.29, 0.717) is 6.04 Å². The summed E-state index contributed by atoms with van der Waals surface area (Å²) in [6.07, 6.45) is 9.65. The van der Waals surface area contributed by atoms with Gasteiger partial charge in [-0.3, -0.25) is 4.79 Å². The molecule has 0 bridgehead atoms. The fourth-order valence-corrected chi connectivity index (χ4v) is 3.09. The maximum Gasteiger partial charge on any atom is 0.237 e. The molecule has 2 fully saturated rings. The number of nitrogens with one attached hydrogen (secondary N) is 2. The Morgan fingerprint density at radius 2 is 1.94 bits per heavy atom. The first kappa shape index (κ1) is 12.9. The van der Waals surface area contributed by atoms with E-state index in [0.717, 1.165) is 18.9 Å². The van der Waals surface area contributed by atoms with Crippen molar-refractivity contribution in [2.75, 3.05) is 6.54 Å². The summed E-state index contributed by atoms with van der Waals surface area (Å²) in [6, 6.07) is 0.515. The number of piperidine rings is 1. The van der Waals surface area contributed by atoms with E-state index in [1.807, 2.05) is 0 Å². The van der Waals surface area contributed by atoms with Gasteiger partial charge in [-0.1, -0.05) is 19.8 Å². The van der Waals surface area contributed by atoms with E-state index in [4.69, 9.17) is 0 Å². The molecule has 17 heavy (non-hydrogen) atoms. The molecule has 0 aromatic heterocycles. The van der Waals surface area contributed by atoms with Crippen LogP contribution >= 0.6 is 0 Å². The Bertz CT molecular complexity index is 241. The lowest BCUT2D eigenvalue weighted by Gasteiger charge is -2.30. The van der Waals surface area contributed by atoms with E-state index in [2.05, 4.69) is 17.6 Å². The van der Waals surface area contributed by atoms with Crippen LogP contribution in [0.25, 0.3) is 0 Å². The van der Waals surface area contributed by atoms with E-state index < -0.39 is 0 Å². The molecule has 1 atom stereocenters. The van der Waals surface area contributed by atoms with Crippen molar-refractivity contribution in [3.63, 3.8) is 0 Å². The number of carbonyl (C=O) groups excluding carboxylic acids is 1. The van der Waals surface area contributed by atoms with E-state index in [1.54, 1.807) is 0 Å². The lowest BCUT2D eigenvalue weighted by atomic mass is 9.84. The summed E-state index contributed by atoms with van der Waals surface area (Å²) in [7, 11) is 0. The van der Waals surface area contributed by atoms with Crippen LogP contribution in [0.3, 0.4) is 0 Å². The second kappa shape index (κ2) is 6.39. The van der Waals surface area contributed by atoms with Crippen molar-refractivity contribution < 1.29 is 4.79 Å². The van der Waals surface area contributed by atoms with E-state index in [-0.39, 0.29) is 11.9 Å². The molecule has 3 nitrogen and oxygen atoms in total. The Balaban J connectivity index is 1.71. The Morgan fingerprint density at radius 1 is 1.18 bits per heavy atom. The molecule has 2 aliphatic rings. The zero-order valence-corrected chi connectivity index (χ0v) is 11.0. The molecule has 98 valence electrons. The lowest BCUT2D eigenvalue weighted by molar-refractivity contribution is -0.124. The Kier molecular flexibility index (Phi) is 4.84. The fraction of sp³-hybridized carbons (Fsp3) is 0.929. The smallest absolute Gasteiger partial charge is 0.237 e. The van der Waals surface area contributed by atoms with E-state index >= 15 is 0 Å². The van der Waals surface area contributed by atoms with Crippen molar-refractivity contribution in [1.29, 1.82) is 0 Å². The standard InChI is InChI=1S/C14H26N2O/c1-2-11-6-8-12(9-7-11)16-14(17)13-5-3-4-10-15-13/h11-13,15H,2-10H2,1H3,(H,16,17)/t11?,12?,13-/m1/s1. The number of carbonyl (C=O) groups is 1. The van der Waals surface area contributed by atoms with Gasteiger partial charge < -0.3 is 10.6 Å². The molecule has 1 saturated carbocycles. The third-order valence-corrected chi connectivity index (χ3v) is 4.40. The predicted octanol–water partition coefficient (Wildman–Crippen LogP) is 2.21. The van der Waals surface area contributed by atoms with Crippen LogP contribution in [0, 0.1) is 5.92 Å². The van der Waals surface area contributed by atoms with Crippen molar-refractivity contribution in [3.05, 3.63) is 0 Å². The molecule has 1 aliphatic carbocycles. The third kappa shape index (κ3) is 3.70. The Labute approximate surface area is 105 Å². The summed E-state index contributed by atoms with van der Waals surface area (Å²) < 4.78 is 0. The molecule has 1 heterocycles. The summed E-state index contributed by atoms with van der Waals surface area (Å²) in [5, 5.41) is 6.55. The monoisotopic (exact) mass is 238 g/mol. The van der Waals surface area contributed by atoms with Gasteiger partial charge in [0.05, 0.1) is 6.04 Å². The molecule has 0 spiro atoms. The highest BCUT2D eigenvalue weighted by molar-refractivity contribution is 5.82. The molecular formula is C14H26N2O. The molecule has 2 N–H and O–H groups in total. The van der Waals surface area contributed by atoms with Gasteiger partial charge in [0.15, 0.2) is 0 Å². The summed E-state index contributed by atoms with van der Waals surface area (Å²) in [5.41, 5.74) is 0. The van der Waals surface area contributed by atoms with Crippen LogP contribution in [0.15, 0.2) is 0 Å². The first-order valence-electron chi connectivity index (χ1n) is 7.33. The van der Waals surface area contributed by atoms with E-state index in [1.165, 1.54) is 44.9 Å². The third-order valence-electron chi connectivity index (χ3n) is 4.40. The highest BCUT2D eigenvalue weighted by Gasteiger charge is 2.25. The van der Waals surface area contributed by atoms with Gasteiger partial charge >= 0.3 is 0 Å². The van der Waals surface area contributed by atoms with Crippen molar-refractivity contribution in [2.24, 2.45) is 5.92 Å². The van der Waals surface area contributed by atoms with Crippen LogP contribution in [0.1, 0.15) is 58.3 Å². The van der Waals surface area contributed by atoms with Crippen molar-refractivity contribution in [2.45, 2.75) is 70.4 Å². The second-order valence-electron chi connectivity index (χ2n) is 5.64. The average Bonchev–Trinajstić information content (AvgIpc) is 2.40. The number of amides is 1. The van der Waals surface area contributed by atoms with Gasteiger partial charge in [0, 0.05) is 6.04 Å². The van der Waals surface area contributed by atoms with Gasteiger partial charge in [-0.05, 0) is 51.0 Å². The molecule has 0 aromatic rings. The number of rotatable bonds is 3. The average molecular weight is 238 g/mol. The van der Waals surface area contributed by atoms with Crippen molar-refractivity contribution in [1.82, 2.24) is 10.6 Å². The number of hydrogen-bond donors (Lipinski definition) is 2. The molecular weight excluding hydrogens is 212 g/mol. The highest BCUT2D eigenvalue weighted by atomic mass is 16.2. The Morgan fingerprint density at radius 3 is 2.53 bits per heavy atom. The SMILES string of the molecule is CCC1CCC(NC(=O)[C@H]2CCCCN2)CC1.